The predicted molar refractivity (Wildman–Crippen MR) is 92.1 cm³/mol. The maximum Gasteiger partial charge on any atom is 0.255 e. The second-order valence-corrected chi connectivity index (χ2v) is 6.29. The van der Waals surface area contributed by atoms with Crippen LogP contribution in [0.2, 0.25) is 5.02 Å². The summed E-state index contributed by atoms with van der Waals surface area (Å²) in [5, 5.41) is 12.9. The third-order valence-corrected chi connectivity index (χ3v) is 4.58. The van der Waals surface area contributed by atoms with Gasteiger partial charge in [0, 0.05) is 25.8 Å². The topological polar surface area (TPSA) is 52.6 Å². The zero-order valence-electron chi connectivity index (χ0n) is 13.2. The number of aliphatic hydroxyl groups is 1. The fraction of sp³-hybridized carbons (Fsp3) is 0.278. The van der Waals surface area contributed by atoms with Crippen LogP contribution in [0.25, 0.3) is 0 Å². The van der Waals surface area contributed by atoms with Gasteiger partial charge in [0.15, 0.2) is 0 Å². The van der Waals surface area contributed by atoms with Gasteiger partial charge >= 0.3 is 0 Å². The fourth-order valence-corrected chi connectivity index (χ4v) is 3.15. The summed E-state index contributed by atoms with van der Waals surface area (Å²) >= 11 is 5.87. The number of carbonyl (C=O) groups is 1. The van der Waals surface area contributed by atoms with E-state index >= 15 is 0 Å². The minimum atomic E-state index is -0.865. The molecule has 4 nitrogen and oxygen atoms in total. The van der Waals surface area contributed by atoms with E-state index in [0.717, 1.165) is 24.2 Å². The van der Waals surface area contributed by atoms with E-state index in [1.165, 1.54) is 23.8 Å². The van der Waals surface area contributed by atoms with E-state index < -0.39 is 17.8 Å². The Kier molecular flexibility index (Phi) is 4.73. The van der Waals surface area contributed by atoms with Crippen molar-refractivity contribution in [3.8, 4) is 0 Å². The van der Waals surface area contributed by atoms with Crippen molar-refractivity contribution < 1.29 is 14.3 Å². The third kappa shape index (κ3) is 3.23. The molecule has 0 aromatic heterocycles. The summed E-state index contributed by atoms with van der Waals surface area (Å²) in [5.74, 6) is -1.33. The molecule has 1 aliphatic heterocycles. The van der Waals surface area contributed by atoms with Gasteiger partial charge in [-0.1, -0.05) is 29.8 Å². The minimum Gasteiger partial charge on any atom is -0.387 e. The van der Waals surface area contributed by atoms with Crippen molar-refractivity contribution >= 4 is 23.2 Å². The Hall–Kier alpha value is -2.11. The van der Waals surface area contributed by atoms with Crippen LogP contribution in [-0.4, -0.2) is 31.2 Å². The first kappa shape index (κ1) is 16.7. The first-order chi connectivity index (χ1) is 11.5. The molecule has 1 atom stereocenters. The number of fused-ring (bicyclic) bond motifs is 1. The Morgan fingerprint density at radius 2 is 2.21 bits per heavy atom. The van der Waals surface area contributed by atoms with Crippen molar-refractivity contribution in [2.75, 3.05) is 25.0 Å². The quantitative estimate of drug-likeness (QED) is 0.893. The molecule has 126 valence electrons. The lowest BCUT2D eigenvalue weighted by Gasteiger charge is -2.16. The second-order valence-electron chi connectivity index (χ2n) is 5.88. The highest BCUT2D eigenvalue weighted by molar-refractivity contribution is 6.33. The lowest BCUT2D eigenvalue weighted by atomic mass is 10.0. The minimum absolute atomic E-state index is 0.0158. The van der Waals surface area contributed by atoms with Crippen molar-refractivity contribution in [3.63, 3.8) is 0 Å². The maximum absolute atomic E-state index is 13.7. The molecule has 6 heteroatoms. The molecule has 2 aromatic rings. The Labute approximate surface area is 144 Å². The molecule has 1 aliphatic rings. The van der Waals surface area contributed by atoms with Gasteiger partial charge in [-0.15, -0.1) is 0 Å². The molecule has 1 amide bonds. The zero-order valence-corrected chi connectivity index (χ0v) is 14.0. The van der Waals surface area contributed by atoms with Crippen LogP contribution in [0.15, 0.2) is 36.4 Å². The molecule has 0 unspecified atom stereocenters. The third-order valence-electron chi connectivity index (χ3n) is 4.26. The van der Waals surface area contributed by atoms with Crippen molar-refractivity contribution in [2.24, 2.45) is 0 Å². The van der Waals surface area contributed by atoms with Crippen LogP contribution in [-0.2, 0) is 6.42 Å². The molecule has 0 spiro atoms. The van der Waals surface area contributed by atoms with E-state index in [2.05, 4.69) is 10.2 Å². The van der Waals surface area contributed by atoms with Crippen molar-refractivity contribution in [1.82, 2.24) is 5.32 Å². The number of halogens is 2. The average molecular weight is 349 g/mol. The molecule has 0 saturated heterocycles. The Balaban J connectivity index is 1.68. The summed E-state index contributed by atoms with van der Waals surface area (Å²) in [7, 11) is 2.03. The number of anilines is 1. The normalized spacial score (nSPS) is 14.4. The smallest absolute Gasteiger partial charge is 0.255 e. The lowest BCUT2D eigenvalue weighted by molar-refractivity contribution is 0.0912. The highest BCUT2D eigenvalue weighted by atomic mass is 35.5. The van der Waals surface area contributed by atoms with Crippen molar-refractivity contribution in [2.45, 2.75) is 12.5 Å². The van der Waals surface area contributed by atoms with Crippen LogP contribution in [0.5, 0.6) is 0 Å². The average Bonchev–Trinajstić information content (AvgIpc) is 2.93. The summed E-state index contributed by atoms with van der Waals surface area (Å²) in [4.78, 5) is 14.3. The van der Waals surface area contributed by atoms with Crippen LogP contribution >= 0.6 is 11.6 Å². The number of aliphatic hydroxyl groups excluding tert-OH is 1. The van der Waals surface area contributed by atoms with Gasteiger partial charge in [-0.05, 0) is 35.7 Å². The number of nitrogens with one attached hydrogen (secondary N) is 1. The van der Waals surface area contributed by atoms with Crippen LogP contribution in [0, 0.1) is 5.82 Å². The summed E-state index contributed by atoms with van der Waals surface area (Å²) in [6, 6.07) is 9.82. The number of nitrogens with zero attached hydrogens (tertiary/aromatic N) is 1. The van der Waals surface area contributed by atoms with Crippen molar-refractivity contribution in [1.29, 1.82) is 0 Å². The van der Waals surface area contributed by atoms with Gasteiger partial charge in [0.05, 0.1) is 16.7 Å². The maximum atomic E-state index is 13.7. The first-order valence-corrected chi connectivity index (χ1v) is 8.09. The number of amides is 1. The van der Waals surface area contributed by atoms with E-state index in [4.69, 9.17) is 11.6 Å². The molecule has 0 fully saturated rings. The molecule has 0 bridgehead atoms. The first-order valence-electron chi connectivity index (χ1n) is 7.71. The molecule has 0 radical (unpaired) electrons. The lowest BCUT2D eigenvalue weighted by Crippen LogP contribution is -2.29. The van der Waals surface area contributed by atoms with Gasteiger partial charge in [-0.25, -0.2) is 4.39 Å². The highest BCUT2D eigenvalue weighted by Crippen LogP contribution is 2.29. The highest BCUT2D eigenvalue weighted by Gasteiger charge is 2.20. The summed E-state index contributed by atoms with van der Waals surface area (Å²) in [5.41, 5.74) is 2.86. The van der Waals surface area contributed by atoms with E-state index in [9.17, 15) is 14.3 Å². The predicted octanol–water partition coefficient (Wildman–Crippen LogP) is 2.93. The van der Waals surface area contributed by atoms with Gasteiger partial charge in [0.25, 0.3) is 5.91 Å². The summed E-state index contributed by atoms with van der Waals surface area (Å²) < 4.78 is 13.7. The number of hydrogen-bond donors (Lipinski definition) is 2. The second kappa shape index (κ2) is 6.79. The van der Waals surface area contributed by atoms with Crippen LogP contribution in [0.1, 0.15) is 27.6 Å². The number of benzene rings is 2. The molecule has 0 aliphatic carbocycles. The van der Waals surface area contributed by atoms with Gasteiger partial charge in [-0.3, -0.25) is 4.79 Å². The van der Waals surface area contributed by atoms with E-state index in [1.54, 1.807) is 0 Å². The Morgan fingerprint density at radius 1 is 1.42 bits per heavy atom. The SMILES string of the molecule is CN1CCc2cc([C@H](O)CNC(=O)c3c(F)cccc3Cl)ccc21. The van der Waals surface area contributed by atoms with Crippen LogP contribution in [0.4, 0.5) is 10.1 Å². The van der Waals surface area contributed by atoms with E-state index in [-0.39, 0.29) is 17.1 Å². The van der Waals surface area contributed by atoms with E-state index in [1.807, 2.05) is 25.2 Å². The van der Waals surface area contributed by atoms with Gasteiger partial charge in [-0.2, -0.15) is 0 Å². The largest absolute Gasteiger partial charge is 0.387 e. The molecule has 3 rings (SSSR count). The molecular weight excluding hydrogens is 331 g/mol. The standard InChI is InChI=1S/C18H18ClFN2O2/c1-22-8-7-11-9-12(5-6-15(11)22)16(23)10-21-18(24)17-13(19)3-2-4-14(17)20/h2-6,9,16,23H,7-8,10H2,1H3,(H,21,24)/t16-/m1/s1. The van der Waals surface area contributed by atoms with Gasteiger partial charge in [0.2, 0.25) is 0 Å². The molecule has 24 heavy (non-hydrogen) atoms. The number of hydrogen-bond acceptors (Lipinski definition) is 3. The molecule has 2 aromatic carbocycles. The number of rotatable bonds is 4. The van der Waals surface area contributed by atoms with Gasteiger partial charge in [0.1, 0.15) is 5.82 Å². The monoisotopic (exact) mass is 348 g/mol. The fourth-order valence-electron chi connectivity index (χ4n) is 2.90. The van der Waals surface area contributed by atoms with Crippen molar-refractivity contribution in [3.05, 3.63) is 63.9 Å². The Bertz CT molecular complexity index is 761. The van der Waals surface area contributed by atoms with Crippen LogP contribution in [0.3, 0.4) is 0 Å². The number of carbonyl (C=O) groups excluding carboxylic acids is 1. The number of likely N-dealkylation sites (N-methyl/N-ethyl adjacent to an activating group) is 1. The molecular formula is C18H18ClFN2O2. The Morgan fingerprint density at radius 3 is 2.96 bits per heavy atom. The van der Waals surface area contributed by atoms with E-state index in [0.29, 0.717) is 0 Å². The molecule has 0 saturated carbocycles. The molecule has 1 heterocycles. The molecule has 2 N–H and O–H groups in total. The summed E-state index contributed by atoms with van der Waals surface area (Å²) in [6.07, 6.45) is 0.0690. The van der Waals surface area contributed by atoms with Gasteiger partial charge < -0.3 is 15.3 Å². The van der Waals surface area contributed by atoms with Crippen LogP contribution < -0.4 is 10.2 Å². The summed E-state index contributed by atoms with van der Waals surface area (Å²) in [6.45, 7) is 0.940. The zero-order chi connectivity index (χ0) is 17.3.